The summed E-state index contributed by atoms with van der Waals surface area (Å²) in [5.41, 5.74) is 8.67. The number of imidazole rings is 1. The van der Waals surface area contributed by atoms with Crippen molar-refractivity contribution >= 4 is 33.4 Å². The Hall–Kier alpha value is -4.02. The van der Waals surface area contributed by atoms with Crippen molar-refractivity contribution in [3.8, 4) is 16.8 Å². The fourth-order valence-electron chi connectivity index (χ4n) is 4.52. The van der Waals surface area contributed by atoms with E-state index in [0.29, 0.717) is 40.5 Å². The van der Waals surface area contributed by atoms with E-state index in [1.807, 2.05) is 23.1 Å². The molecule has 42 heavy (non-hydrogen) atoms. The summed E-state index contributed by atoms with van der Waals surface area (Å²) in [6, 6.07) is 18.7. The van der Waals surface area contributed by atoms with Crippen LogP contribution in [-0.4, -0.2) is 29.2 Å². The summed E-state index contributed by atoms with van der Waals surface area (Å²) in [5, 5.41) is 0.421. The third-order valence-electron chi connectivity index (χ3n) is 6.48. The molecule has 3 aromatic carbocycles. The SMILES string of the molecule is CCCCc1cn(-c2cc(N)ccc2Cl)c(=O)n1Cc1ccc(-c2ccccc2S(=O)(=O)NC(=O)OC(C)(C)C)cc1. The quantitative estimate of drug-likeness (QED) is 0.219. The molecule has 222 valence electrons. The fraction of sp³-hybridized carbons (Fsp3) is 0.290. The predicted octanol–water partition coefficient (Wildman–Crippen LogP) is 6.15. The monoisotopic (exact) mass is 610 g/mol. The zero-order valence-electron chi connectivity index (χ0n) is 24.1. The van der Waals surface area contributed by atoms with Crippen LogP contribution in [0.15, 0.2) is 82.6 Å². The van der Waals surface area contributed by atoms with Gasteiger partial charge in [-0.1, -0.05) is 67.4 Å². The van der Waals surface area contributed by atoms with E-state index in [0.717, 1.165) is 24.1 Å². The maximum absolute atomic E-state index is 13.6. The highest BCUT2D eigenvalue weighted by Crippen LogP contribution is 2.28. The number of nitrogens with zero attached hydrogens (tertiary/aromatic N) is 2. The first-order valence-electron chi connectivity index (χ1n) is 13.6. The third-order valence-corrected chi connectivity index (χ3v) is 8.17. The van der Waals surface area contributed by atoms with Gasteiger partial charge < -0.3 is 10.5 Å². The number of nitrogens with one attached hydrogen (secondary N) is 1. The molecule has 0 unspecified atom stereocenters. The van der Waals surface area contributed by atoms with E-state index in [4.69, 9.17) is 22.1 Å². The highest BCUT2D eigenvalue weighted by Gasteiger charge is 2.25. The molecule has 4 rings (SSSR count). The lowest BCUT2D eigenvalue weighted by Crippen LogP contribution is -2.36. The molecule has 0 spiro atoms. The molecule has 0 saturated carbocycles. The number of rotatable bonds is 9. The van der Waals surface area contributed by atoms with Crippen LogP contribution in [0.1, 0.15) is 51.8 Å². The summed E-state index contributed by atoms with van der Waals surface area (Å²) in [6.07, 6.45) is 3.36. The summed E-state index contributed by atoms with van der Waals surface area (Å²) in [4.78, 5) is 25.7. The molecule has 9 nitrogen and oxygen atoms in total. The number of sulfonamides is 1. The maximum atomic E-state index is 13.6. The first kappa shape index (κ1) is 30.9. The number of nitrogen functional groups attached to an aromatic ring is 1. The van der Waals surface area contributed by atoms with Gasteiger partial charge in [-0.25, -0.2) is 22.7 Å². The number of halogens is 1. The van der Waals surface area contributed by atoms with Gasteiger partial charge in [-0.05, 0) is 69.0 Å². The third kappa shape index (κ3) is 7.24. The van der Waals surface area contributed by atoms with Crippen LogP contribution in [0, 0.1) is 0 Å². The Kier molecular flexibility index (Phi) is 9.18. The van der Waals surface area contributed by atoms with Gasteiger partial charge >= 0.3 is 11.8 Å². The van der Waals surface area contributed by atoms with E-state index in [1.165, 1.54) is 10.6 Å². The Morgan fingerprint density at radius 1 is 1.05 bits per heavy atom. The van der Waals surface area contributed by atoms with Crippen molar-refractivity contribution in [3.05, 3.63) is 99.7 Å². The van der Waals surface area contributed by atoms with Crippen LogP contribution in [-0.2, 0) is 27.7 Å². The lowest BCUT2D eigenvalue weighted by molar-refractivity contribution is 0.0570. The van der Waals surface area contributed by atoms with Crippen molar-refractivity contribution in [2.45, 2.75) is 64.0 Å². The lowest BCUT2D eigenvalue weighted by atomic mass is 10.0. The van der Waals surface area contributed by atoms with Crippen LogP contribution in [0.25, 0.3) is 16.8 Å². The van der Waals surface area contributed by atoms with E-state index < -0.39 is 21.7 Å². The summed E-state index contributed by atoms with van der Waals surface area (Å²) in [7, 11) is -4.21. The van der Waals surface area contributed by atoms with Crippen LogP contribution in [0.4, 0.5) is 10.5 Å². The molecule has 1 heterocycles. The second-order valence-corrected chi connectivity index (χ2v) is 13.0. The summed E-state index contributed by atoms with van der Waals surface area (Å²) in [5.74, 6) is 0. The molecule has 0 aliphatic heterocycles. The van der Waals surface area contributed by atoms with Crippen molar-refractivity contribution < 1.29 is 17.9 Å². The van der Waals surface area contributed by atoms with E-state index in [9.17, 15) is 18.0 Å². The van der Waals surface area contributed by atoms with Gasteiger partial charge in [-0.15, -0.1) is 0 Å². The topological polar surface area (TPSA) is 125 Å². The van der Waals surface area contributed by atoms with Gasteiger partial charge in [-0.3, -0.25) is 9.13 Å². The Labute approximate surface area is 250 Å². The van der Waals surface area contributed by atoms with Crippen molar-refractivity contribution in [3.63, 3.8) is 0 Å². The van der Waals surface area contributed by atoms with Crippen molar-refractivity contribution in [2.24, 2.45) is 0 Å². The second-order valence-electron chi connectivity index (χ2n) is 11.0. The van der Waals surface area contributed by atoms with Gasteiger partial charge in [0, 0.05) is 23.1 Å². The predicted molar refractivity (Wildman–Crippen MR) is 166 cm³/mol. The first-order chi connectivity index (χ1) is 19.8. The standard InChI is InChI=1S/C31H35ClN4O5S/c1-5-6-9-24-20-36(27-18-23(33)16-17-26(27)32)30(38)35(24)19-21-12-14-22(15-13-21)25-10-7-8-11-28(25)42(39,40)34-29(37)41-31(2,3)4/h7-8,10-18,20H,5-6,9,19,33H2,1-4H3,(H,34,37). The number of benzene rings is 3. The second kappa shape index (κ2) is 12.5. The largest absolute Gasteiger partial charge is 0.443 e. The molecule has 0 aliphatic rings. The maximum Gasteiger partial charge on any atom is 0.421 e. The van der Waals surface area contributed by atoms with E-state index in [-0.39, 0.29) is 10.6 Å². The van der Waals surface area contributed by atoms with Gasteiger partial charge in [-0.2, -0.15) is 0 Å². The van der Waals surface area contributed by atoms with E-state index in [1.54, 1.807) is 73.9 Å². The van der Waals surface area contributed by atoms with Crippen molar-refractivity contribution in [1.82, 2.24) is 13.9 Å². The van der Waals surface area contributed by atoms with Crippen molar-refractivity contribution in [2.75, 3.05) is 5.73 Å². The molecule has 11 heteroatoms. The Morgan fingerprint density at radius 2 is 1.74 bits per heavy atom. The lowest BCUT2D eigenvalue weighted by Gasteiger charge is -2.20. The van der Waals surface area contributed by atoms with E-state index in [2.05, 4.69) is 6.92 Å². The molecule has 0 bridgehead atoms. The molecular formula is C31H35ClN4O5S. The van der Waals surface area contributed by atoms with Crippen molar-refractivity contribution in [1.29, 1.82) is 0 Å². The number of hydrogen-bond donors (Lipinski definition) is 2. The normalized spacial score (nSPS) is 11.8. The number of carbonyl (C=O) groups is 1. The van der Waals surface area contributed by atoms with Crippen LogP contribution >= 0.6 is 11.6 Å². The first-order valence-corrected chi connectivity index (χ1v) is 15.5. The molecule has 0 fully saturated rings. The minimum Gasteiger partial charge on any atom is -0.443 e. The number of carbonyl (C=O) groups excluding carboxylic acids is 1. The summed E-state index contributed by atoms with van der Waals surface area (Å²) < 4.78 is 36.5. The fourth-order valence-corrected chi connectivity index (χ4v) is 5.83. The number of nitrogens with two attached hydrogens (primary N) is 1. The number of aromatic nitrogens is 2. The van der Waals surface area contributed by atoms with Gasteiger partial charge in [0.1, 0.15) is 5.60 Å². The minimum absolute atomic E-state index is 0.0576. The molecule has 0 saturated heterocycles. The molecule has 1 amide bonds. The van der Waals surface area contributed by atoms with Crippen LogP contribution in [0.5, 0.6) is 0 Å². The highest BCUT2D eigenvalue weighted by molar-refractivity contribution is 7.90. The van der Waals surface area contributed by atoms with Gasteiger partial charge in [0.25, 0.3) is 10.0 Å². The smallest absolute Gasteiger partial charge is 0.421 e. The Morgan fingerprint density at radius 3 is 2.40 bits per heavy atom. The number of anilines is 1. The molecule has 0 radical (unpaired) electrons. The zero-order valence-corrected chi connectivity index (χ0v) is 25.6. The number of unbranched alkanes of at least 4 members (excludes halogenated alkanes) is 1. The Balaban J connectivity index is 1.64. The number of aryl methyl sites for hydroxylation is 1. The molecular weight excluding hydrogens is 576 g/mol. The summed E-state index contributed by atoms with van der Waals surface area (Å²) in [6.45, 7) is 7.35. The van der Waals surface area contributed by atoms with Crippen LogP contribution in [0.3, 0.4) is 0 Å². The minimum atomic E-state index is -4.21. The number of amides is 1. The zero-order chi connectivity index (χ0) is 30.7. The van der Waals surface area contributed by atoms with E-state index >= 15 is 0 Å². The molecule has 0 aliphatic carbocycles. The van der Waals surface area contributed by atoms with Gasteiger partial charge in [0.05, 0.1) is 22.2 Å². The average molecular weight is 611 g/mol. The molecule has 4 aromatic rings. The van der Waals surface area contributed by atoms with Crippen LogP contribution < -0.4 is 16.1 Å². The molecule has 3 N–H and O–H groups in total. The van der Waals surface area contributed by atoms with Gasteiger partial charge in [0.2, 0.25) is 0 Å². The number of ether oxygens (including phenoxy) is 1. The molecule has 0 atom stereocenters. The summed E-state index contributed by atoms with van der Waals surface area (Å²) >= 11 is 6.41. The Bertz CT molecular complexity index is 1750. The van der Waals surface area contributed by atoms with Crippen LogP contribution in [0.2, 0.25) is 5.02 Å². The molecule has 1 aromatic heterocycles. The number of hydrogen-bond acceptors (Lipinski definition) is 6. The van der Waals surface area contributed by atoms with Gasteiger partial charge in [0.15, 0.2) is 0 Å². The average Bonchev–Trinajstić information content (AvgIpc) is 3.22. The highest BCUT2D eigenvalue weighted by atomic mass is 35.5.